The highest BCUT2D eigenvalue weighted by molar-refractivity contribution is 5.81. The molecule has 0 bridgehead atoms. The van der Waals surface area contributed by atoms with Gasteiger partial charge < -0.3 is 9.64 Å². The number of piperidine rings is 2. The van der Waals surface area contributed by atoms with Crippen LogP contribution in [0.2, 0.25) is 0 Å². The van der Waals surface area contributed by atoms with Crippen LogP contribution < -0.4 is 0 Å². The summed E-state index contributed by atoms with van der Waals surface area (Å²) in [5.41, 5.74) is 0.425. The molecule has 2 saturated heterocycles. The van der Waals surface area contributed by atoms with Gasteiger partial charge in [-0.3, -0.25) is 9.69 Å². The molecule has 130 valence electrons. The van der Waals surface area contributed by atoms with Gasteiger partial charge in [0.05, 0.1) is 6.10 Å². The smallest absolute Gasteiger partial charge is 0.225 e. The van der Waals surface area contributed by atoms with E-state index in [1.165, 1.54) is 58.0 Å². The van der Waals surface area contributed by atoms with Crippen molar-refractivity contribution in [2.45, 2.75) is 69.9 Å². The number of likely N-dealkylation sites (tertiary alicyclic amines) is 2. The molecule has 0 unspecified atom stereocenters. The van der Waals surface area contributed by atoms with Gasteiger partial charge in [-0.2, -0.15) is 0 Å². The van der Waals surface area contributed by atoms with E-state index in [9.17, 15) is 4.79 Å². The Hall–Kier alpha value is -0.610. The molecule has 2 aliphatic heterocycles. The number of ether oxygens (including phenoxy) is 1. The molecule has 2 atom stereocenters. The number of nitrogens with zero attached hydrogens (tertiary/aromatic N) is 2. The van der Waals surface area contributed by atoms with Gasteiger partial charge in [0, 0.05) is 44.1 Å². The molecule has 1 spiro atoms. The Balaban J connectivity index is 1.34. The molecular weight excluding hydrogens is 288 g/mol. The molecule has 1 amide bonds. The normalized spacial score (nSPS) is 36.7. The topological polar surface area (TPSA) is 32.8 Å². The monoisotopic (exact) mass is 320 g/mol. The molecule has 0 aromatic carbocycles. The van der Waals surface area contributed by atoms with Crippen molar-refractivity contribution in [3.63, 3.8) is 0 Å². The lowest BCUT2D eigenvalue weighted by Crippen LogP contribution is -2.54. The fourth-order valence-corrected chi connectivity index (χ4v) is 5.49. The predicted molar refractivity (Wildman–Crippen MR) is 90.2 cm³/mol. The minimum absolute atomic E-state index is 0.380. The molecule has 23 heavy (non-hydrogen) atoms. The van der Waals surface area contributed by atoms with Crippen molar-refractivity contribution >= 4 is 5.91 Å². The van der Waals surface area contributed by atoms with Crippen LogP contribution in [0.15, 0.2) is 0 Å². The molecule has 4 nitrogen and oxygen atoms in total. The Morgan fingerprint density at radius 1 is 1.00 bits per heavy atom. The van der Waals surface area contributed by atoms with E-state index in [0.29, 0.717) is 29.4 Å². The fourth-order valence-electron chi connectivity index (χ4n) is 5.49. The van der Waals surface area contributed by atoms with Crippen LogP contribution in [0.5, 0.6) is 0 Å². The lowest BCUT2D eigenvalue weighted by atomic mass is 9.76. The third kappa shape index (κ3) is 3.05. The number of methoxy groups -OCH3 is 1. The largest absolute Gasteiger partial charge is 0.381 e. The molecule has 0 aromatic rings. The van der Waals surface area contributed by atoms with Gasteiger partial charge in [0.15, 0.2) is 0 Å². The van der Waals surface area contributed by atoms with Gasteiger partial charge in [0.1, 0.15) is 0 Å². The summed E-state index contributed by atoms with van der Waals surface area (Å²) in [6.45, 7) is 4.45. The van der Waals surface area contributed by atoms with Gasteiger partial charge >= 0.3 is 0 Å². The highest BCUT2D eigenvalue weighted by atomic mass is 16.5. The standard InChI is InChI=1S/C19H32N2O2/c1-23-17-4-2-9-19(17)10-3-11-21(14-19)16-7-12-20(13-8-16)18(22)15-5-6-15/h15-17H,2-14H2,1H3/t17-,19+/m1/s1. The maximum atomic E-state index is 12.2. The van der Waals surface area contributed by atoms with Crippen LogP contribution in [0.4, 0.5) is 0 Å². The lowest BCUT2D eigenvalue weighted by Gasteiger charge is -2.48. The molecule has 0 aromatic heterocycles. The second kappa shape index (κ2) is 6.36. The average molecular weight is 320 g/mol. The van der Waals surface area contributed by atoms with Crippen LogP contribution in [0.3, 0.4) is 0 Å². The van der Waals surface area contributed by atoms with E-state index in [4.69, 9.17) is 4.74 Å². The van der Waals surface area contributed by atoms with Gasteiger partial charge in [-0.25, -0.2) is 0 Å². The minimum Gasteiger partial charge on any atom is -0.381 e. The summed E-state index contributed by atoms with van der Waals surface area (Å²) in [5, 5.41) is 0. The summed E-state index contributed by atoms with van der Waals surface area (Å²) in [6, 6.07) is 0.688. The van der Waals surface area contributed by atoms with Gasteiger partial charge in [-0.05, 0) is 57.9 Å². The van der Waals surface area contributed by atoms with Gasteiger partial charge in [-0.1, -0.05) is 6.42 Å². The Kier molecular flexibility index (Phi) is 4.39. The van der Waals surface area contributed by atoms with E-state index in [2.05, 4.69) is 9.80 Å². The Bertz CT molecular complexity index is 443. The summed E-state index contributed by atoms with van der Waals surface area (Å²) in [7, 11) is 1.90. The Morgan fingerprint density at radius 3 is 2.43 bits per heavy atom. The van der Waals surface area contributed by atoms with Crippen LogP contribution >= 0.6 is 0 Å². The fraction of sp³-hybridized carbons (Fsp3) is 0.947. The molecule has 4 aliphatic rings. The molecule has 2 heterocycles. The van der Waals surface area contributed by atoms with Crippen molar-refractivity contribution in [1.82, 2.24) is 9.80 Å². The number of rotatable bonds is 3. The van der Waals surface area contributed by atoms with Crippen molar-refractivity contribution in [1.29, 1.82) is 0 Å². The van der Waals surface area contributed by atoms with E-state index in [-0.39, 0.29) is 0 Å². The third-order valence-corrected chi connectivity index (χ3v) is 6.97. The summed E-state index contributed by atoms with van der Waals surface area (Å²) in [5.74, 6) is 0.819. The van der Waals surface area contributed by atoms with Crippen LogP contribution in [-0.2, 0) is 9.53 Å². The van der Waals surface area contributed by atoms with Gasteiger partial charge in [0.25, 0.3) is 0 Å². The SMILES string of the molecule is CO[C@@H]1CCC[C@@]12CCCN(C1CCN(C(=O)C3CC3)CC1)C2. The molecular formula is C19H32N2O2. The predicted octanol–water partition coefficient (Wildman–Crippen LogP) is 2.67. The maximum Gasteiger partial charge on any atom is 0.225 e. The van der Waals surface area contributed by atoms with E-state index >= 15 is 0 Å². The van der Waals surface area contributed by atoms with E-state index in [1.54, 1.807) is 0 Å². The Labute approximate surface area is 140 Å². The van der Waals surface area contributed by atoms with E-state index < -0.39 is 0 Å². The molecule has 4 heteroatoms. The number of hydrogen-bond acceptors (Lipinski definition) is 3. The van der Waals surface area contributed by atoms with Crippen molar-refractivity contribution in [3.05, 3.63) is 0 Å². The summed E-state index contributed by atoms with van der Waals surface area (Å²) in [4.78, 5) is 17.1. The first-order valence-electron chi connectivity index (χ1n) is 9.77. The maximum absolute atomic E-state index is 12.2. The molecule has 0 radical (unpaired) electrons. The van der Waals surface area contributed by atoms with Crippen LogP contribution in [0.25, 0.3) is 0 Å². The minimum atomic E-state index is 0.380. The first-order valence-corrected chi connectivity index (χ1v) is 9.77. The first-order chi connectivity index (χ1) is 11.2. The van der Waals surface area contributed by atoms with Crippen LogP contribution in [0.1, 0.15) is 57.8 Å². The van der Waals surface area contributed by atoms with Crippen molar-refractivity contribution in [3.8, 4) is 0 Å². The lowest BCUT2D eigenvalue weighted by molar-refractivity contribution is -0.134. The van der Waals surface area contributed by atoms with Crippen molar-refractivity contribution < 1.29 is 9.53 Å². The molecule has 2 aliphatic carbocycles. The number of hydrogen-bond donors (Lipinski definition) is 0. The number of amides is 1. The molecule has 2 saturated carbocycles. The highest BCUT2D eigenvalue weighted by Crippen LogP contribution is 2.47. The zero-order chi connectivity index (χ0) is 15.9. The second-order valence-electron chi connectivity index (χ2n) is 8.38. The third-order valence-electron chi connectivity index (χ3n) is 6.97. The van der Waals surface area contributed by atoms with Crippen LogP contribution in [0, 0.1) is 11.3 Å². The van der Waals surface area contributed by atoms with E-state index in [0.717, 1.165) is 25.9 Å². The summed E-state index contributed by atoms with van der Waals surface area (Å²) in [6.07, 6.45) is 11.7. The number of carbonyl (C=O) groups excluding carboxylic acids is 1. The molecule has 4 rings (SSSR count). The van der Waals surface area contributed by atoms with Gasteiger partial charge in [-0.15, -0.1) is 0 Å². The molecule has 0 N–H and O–H groups in total. The van der Waals surface area contributed by atoms with Crippen molar-refractivity contribution in [2.24, 2.45) is 11.3 Å². The summed E-state index contributed by atoms with van der Waals surface area (Å²) < 4.78 is 5.84. The first kappa shape index (κ1) is 15.9. The van der Waals surface area contributed by atoms with Crippen molar-refractivity contribution in [2.75, 3.05) is 33.3 Å². The second-order valence-corrected chi connectivity index (χ2v) is 8.38. The van der Waals surface area contributed by atoms with Crippen LogP contribution in [-0.4, -0.2) is 61.1 Å². The van der Waals surface area contributed by atoms with E-state index in [1.807, 2.05) is 7.11 Å². The molecule has 4 fully saturated rings. The highest BCUT2D eigenvalue weighted by Gasteiger charge is 2.47. The average Bonchev–Trinajstić information content (AvgIpc) is 3.37. The summed E-state index contributed by atoms with van der Waals surface area (Å²) >= 11 is 0. The quantitative estimate of drug-likeness (QED) is 0.801. The Morgan fingerprint density at radius 2 is 1.74 bits per heavy atom. The zero-order valence-corrected chi connectivity index (χ0v) is 14.6. The number of carbonyl (C=O) groups is 1. The zero-order valence-electron chi connectivity index (χ0n) is 14.6. The van der Waals surface area contributed by atoms with Gasteiger partial charge in [0.2, 0.25) is 5.91 Å².